The van der Waals surface area contributed by atoms with Gasteiger partial charge in [-0.3, -0.25) is 14.5 Å². The van der Waals surface area contributed by atoms with E-state index in [4.69, 9.17) is 0 Å². The normalized spacial score (nSPS) is 14.5. The second-order valence-corrected chi connectivity index (χ2v) is 8.88. The van der Waals surface area contributed by atoms with Gasteiger partial charge in [-0.15, -0.1) is 0 Å². The Hall–Kier alpha value is -2.96. The van der Waals surface area contributed by atoms with Gasteiger partial charge >= 0.3 is 11.8 Å². The molecule has 1 aromatic heterocycles. The Labute approximate surface area is 187 Å². The van der Waals surface area contributed by atoms with Crippen LogP contribution in [0.3, 0.4) is 0 Å². The van der Waals surface area contributed by atoms with Crippen molar-refractivity contribution in [3.63, 3.8) is 0 Å². The SMILES string of the molecule is Cc1cc(C)cc(NC(=O)C(=O)NCC(c2ccsc2)N2CCc3ccccc3C2)c1. The highest BCUT2D eigenvalue weighted by Crippen LogP contribution is 2.28. The van der Waals surface area contributed by atoms with Gasteiger partial charge in [0.25, 0.3) is 0 Å². The molecule has 0 radical (unpaired) electrons. The average molecular weight is 434 g/mol. The van der Waals surface area contributed by atoms with Crippen LogP contribution in [0.15, 0.2) is 59.3 Å². The van der Waals surface area contributed by atoms with Gasteiger partial charge in [-0.25, -0.2) is 0 Å². The predicted octanol–water partition coefficient (Wildman–Crippen LogP) is 4.22. The Balaban J connectivity index is 1.42. The molecule has 1 atom stereocenters. The summed E-state index contributed by atoms with van der Waals surface area (Å²) in [5.41, 5.74) is 6.60. The highest BCUT2D eigenvalue weighted by Gasteiger charge is 2.26. The largest absolute Gasteiger partial charge is 0.346 e. The minimum absolute atomic E-state index is 0.0255. The molecule has 2 heterocycles. The summed E-state index contributed by atoms with van der Waals surface area (Å²) in [4.78, 5) is 27.4. The van der Waals surface area contributed by atoms with E-state index in [0.29, 0.717) is 12.2 Å². The summed E-state index contributed by atoms with van der Waals surface area (Å²) in [5.74, 6) is -1.25. The van der Waals surface area contributed by atoms with Crippen molar-refractivity contribution in [3.05, 3.63) is 87.1 Å². The first kappa shape index (κ1) is 21.3. The fraction of sp³-hybridized carbons (Fsp3) is 0.280. The summed E-state index contributed by atoms with van der Waals surface area (Å²) in [6, 6.07) is 16.4. The molecule has 2 amide bonds. The van der Waals surface area contributed by atoms with Crippen molar-refractivity contribution in [3.8, 4) is 0 Å². The summed E-state index contributed by atoms with van der Waals surface area (Å²) in [5, 5.41) is 9.73. The monoisotopic (exact) mass is 433 g/mol. The number of fused-ring (bicyclic) bond motifs is 1. The van der Waals surface area contributed by atoms with Crippen LogP contribution in [0.2, 0.25) is 0 Å². The van der Waals surface area contributed by atoms with Crippen LogP contribution in [-0.4, -0.2) is 29.8 Å². The van der Waals surface area contributed by atoms with E-state index in [1.54, 1.807) is 11.3 Å². The molecule has 0 fully saturated rings. The molecule has 1 aliphatic heterocycles. The van der Waals surface area contributed by atoms with Gasteiger partial charge in [0, 0.05) is 25.3 Å². The quantitative estimate of drug-likeness (QED) is 0.593. The van der Waals surface area contributed by atoms with E-state index in [-0.39, 0.29) is 6.04 Å². The maximum atomic E-state index is 12.5. The van der Waals surface area contributed by atoms with Crippen LogP contribution in [0.25, 0.3) is 0 Å². The molecule has 160 valence electrons. The van der Waals surface area contributed by atoms with Crippen molar-refractivity contribution in [1.29, 1.82) is 0 Å². The van der Waals surface area contributed by atoms with Gasteiger partial charge in [0.2, 0.25) is 0 Å². The van der Waals surface area contributed by atoms with Gasteiger partial charge < -0.3 is 10.6 Å². The van der Waals surface area contributed by atoms with Gasteiger partial charge in [0.05, 0.1) is 6.04 Å². The van der Waals surface area contributed by atoms with Crippen LogP contribution < -0.4 is 10.6 Å². The maximum Gasteiger partial charge on any atom is 0.313 e. The number of aryl methyl sites for hydroxylation is 2. The fourth-order valence-corrected chi connectivity index (χ4v) is 4.92. The molecule has 0 aliphatic carbocycles. The Morgan fingerprint density at radius 2 is 1.77 bits per heavy atom. The van der Waals surface area contributed by atoms with Gasteiger partial charge in [-0.2, -0.15) is 11.3 Å². The summed E-state index contributed by atoms with van der Waals surface area (Å²) in [6.07, 6.45) is 0.984. The molecule has 1 unspecified atom stereocenters. The lowest BCUT2D eigenvalue weighted by molar-refractivity contribution is -0.136. The zero-order valence-corrected chi connectivity index (χ0v) is 18.7. The zero-order valence-electron chi connectivity index (χ0n) is 17.9. The van der Waals surface area contributed by atoms with E-state index in [1.807, 2.05) is 32.0 Å². The van der Waals surface area contributed by atoms with E-state index in [2.05, 4.69) is 56.6 Å². The third-order valence-electron chi connectivity index (χ3n) is 5.67. The van der Waals surface area contributed by atoms with Crippen LogP contribution in [0.1, 0.15) is 33.9 Å². The highest BCUT2D eigenvalue weighted by molar-refractivity contribution is 7.08. The molecule has 6 heteroatoms. The Morgan fingerprint density at radius 1 is 1.03 bits per heavy atom. The number of amides is 2. The number of thiophene rings is 1. The molecule has 0 saturated heterocycles. The maximum absolute atomic E-state index is 12.5. The molecular weight excluding hydrogens is 406 g/mol. The third kappa shape index (κ3) is 5.21. The van der Waals surface area contributed by atoms with Gasteiger partial charge in [0.1, 0.15) is 0 Å². The van der Waals surface area contributed by atoms with Crippen molar-refractivity contribution in [2.45, 2.75) is 32.9 Å². The molecule has 5 nitrogen and oxygen atoms in total. The summed E-state index contributed by atoms with van der Waals surface area (Å²) < 4.78 is 0. The number of hydrogen-bond acceptors (Lipinski definition) is 4. The number of carbonyl (C=O) groups excluding carboxylic acids is 2. The zero-order chi connectivity index (χ0) is 21.8. The number of carbonyl (C=O) groups is 2. The van der Waals surface area contributed by atoms with Crippen molar-refractivity contribution >= 4 is 28.8 Å². The predicted molar refractivity (Wildman–Crippen MR) is 125 cm³/mol. The summed E-state index contributed by atoms with van der Waals surface area (Å²) >= 11 is 1.64. The number of anilines is 1. The highest BCUT2D eigenvalue weighted by atomic mass is 32.1. The molecule has 4 rings (SSSR count). The first-order valence-corrected chi connectivity index (χ1v) is 11.4. The topological polar surface area (TPSA) is 61.4 Å². The number of rotatable bonds is 5. The molecule has 0 bridgehead atoms. The fourth-order valence-electron chi connectivity index (χ4n) is 4.21. The second kappa shape index (κ2) is 9.45. The molecule has 0 spiro atoms. The molecule has 0 saturated carbocycles. The van der Waals surface area contributed by atoms with E-state index in [1.165, 1.54) is 16.7 Å². The van der Waals surface area contributed by atoms with E-state index in [0.717, 1.165) is 30.6 Å². The number of hydrogen-bond donors (Lipinski definition) is 2. The number of nitrogens with zero attached hydrogens (tertiary/aromatic N) is 1. The lowest BCUT2D eigenvalue weighted by atomic mass is 9.97. The van der Waals surface area contributed by atoms with Gasteiger partial charge in [0.15, 0.2) is 0 Å². The smallest absolute Gasteiger partial charge is 0.313 e. The van der Waals surface area contributed by atoms with Crippen molar-refractivity contribution in [2.75, 3.05) is 18.4 Å². The molecule has 2 aromatic carbocycles. The van der Waals surface area contributed by atoms with Crippen LogP contribution in [0.5, 0.6) is 0 Å². The Morgan fingerprint density at radius 3 is 2.48 bits per heavy atom. The van der Waals surface area contributed by atoms with Crippen molar-refractivity contribution < 1.29 is 9.59 Å². The Bertz CT molecular complexity index is 1060. The summed E-state index contributed by atoms with van der Waals surface area (Å²) in [7, 11) is 0. The lowest BCUT2D eigenvalue weighted by Gasteiger charge is -2.35. The van der Waals surface area contributed by atoms with Crippen LogP contribution in [0.4, 0.5) is 5.69 Å². The molecule has 3 aromatic rings. The number of benzene rings is 2. The molecule has 31 heavy (non-hydrogen) atoms. The van der Waals surface area contributed by atoms with E-state index in [9.17, 15) is 9.59 Å². The van der Waals surface area contributed by atoms with Crippen LogP contribution in [-0.2, 0) is 22.6 Å². The van der Waals surface area contributed by atoms with Crippen LogP contribution >= 0.6 is 11.3 Å². The van der Waals surface area contributed by atoms with Gasteiger partial charge in [-0.1, -0.05) is 30.3 Å². The third-order valence-corrected chi connectivity index (χ3v) is 6.37. The minimum Gasteiger partial charge on any atom is -0.346 e. The van der Waals surface area contributed by atoms with Crippen molar-refractivity contribution in [1.82, 2.24) is 10.2 Å². The first-order chi connectivity index (χ1) is 15.0. The molecule has 1 aliphatic rings. The second-order valence-electron chi connectivity index (χ2n) is 8.10. The van der Waals surface area contributed by atoms with E-state index < -0.39 is 11.8 Å². The summed E-state index contributed by atoms with van der Waals surface area (Å²) in [6.45, 7) is 6.07. The first-order valence-electron chi connectivity index (χ1n) is 10.5. The van der Waals surface area contributed by atoms with Gasteiger partial charge in [-0.05, 0) is 77.0 Å². The average Bonchev–Trinajstić information content (AvgIpc) is 3.27. The number of nitrogens with one attached hydrogen (secondary N) is 2. The van der Waals surface area contributed by atoms with Crippen LogP contribution in [0, 0.1) is 13.8 Å². The molecular formula is C25H27N3O2S. The van der Waals surface area contributed by atoms with E-state index >= 15 is 0 Å². The molecule has 2 N–H and O–H groups in total. The lowest BCUT2D eigenvalue weighted by Crippen LogP contribution is -2.43. The Kier molecular flexibility index (Phi) is 6.49. The van der Waals surface area contributed by atoms with Crippen molar-refractivity contribution in [2.24, 2.45) is 0 Å². The standard InChI is InChI=1S/C25H27N3O2S/c1-17-11-18(2)13-22(12-17)27-25(30)24(29)26-14-23(21-8-10-31-16-21)28-9-7-19-5-3-4-6-20(19)15-28/h3-6,8,10-13,16,23H,7,9,14-15H2,1-2H3,(H,26,29)(H,27,30). The minimum atomic E-state index is -0.641.